The van der Waals surface area contributed by atoms with Crippen LogP contribution in [0.1, 0.15) is 42.2 Å². The highest BCUT2D eigenvalue weighted by atomic mass is 16.5. The molecule has 0 aliphatic carbocycles. The molecule has 0 spiro atoms. The van der Waals surface area contributed by atoms with Gasteiger partial charge in [0.2, 0.25) is 11.6 Å². The number of benzene rings is 3. The molecule has 0 amide bonds. The van der Waals surface area contributed by atoms with Crippen LogP contribution in [0.3, 0.4) is 0 Å². The van der Waals surface area contributed by atoms with Gasteiger partial charge in [-0.2, -0.15) is 0 Å². The summed E-state index contributed by atoms with van der Waals surface area (Å²) in [6.45, 7) is 0. The lowest BCUT2D eigenvalue weighted by molar-refractivity contribution is 0.0600. The molecule has 0 aliphatic rings. The quantitative estimate of drug-likeness (QED) is 0.229. The average molecular weight is 458 g/mol. The number of hydrogen-bond donors (Lipinski definition) is 0. The highest BCUT2D eigenvalue weighted by Crippen LogP contribution is 2.24. The maximum Gasteiger partial charge on any atom is 0.337 e. The van der Waals surface area contributed by atoms with Crippen molar-refractivity contribution in [1.82, 2.24) is 0 Å². The maximum absolute atomic E-state index is 13.0. The molecule has 0 fully saturated rings. The van der Waals surface area contributed by atoms with Gasteiger partial charge in [-0.3, -0.25) is 9.59 Å². The number of methoxy groups -OCH3 is 4. The molecule has 34 heavy (non-hydrogen) atoms. The van der Waals surface area contributed by atoms with Crippen LogP contribution in [0.25, 0.3) is 0 Å². The largest absolute Gasteiger partial charge is 0.497 e. The molecular weight excluding hydrogens is 436 g/mol. The Bertz CT molecular complexity index is 1270. The van der Waals surface area contributed by atoms with Gasteiger partial charge in [-0.1, -0.05) is 11.8 Å². The fraction of sp³-hybridized carbons (Fsp3) is 0.148. The van der Waals surface area contributed by atoms with Gasteiger partial charge in [-0.15, -0.1) is 0 Å². The van der Waals surface area contributed by atoms with E-state index in [1.165, 1.54) is 52.7 Å². The van der Waals surface area contributed by atoms with Crippen LogP contribution in [0.5, 0.6) is 17.2 Å². The van der Waals surface area contributed by atoms with Crippen LogP contribution < -0.4 is 14.2 Å². The van der Waals surface area contributed by atoms with Gasteiger partial charge in [-0.05, 0) is 54.6 Å². The normalized spacial score (nSPS) is 9.88. The number of esters is 1. The number of ether oxygens (including phenoxy) is 4. The zero-order valence-corrected chi connectivity index (χ0v) is 19.1. The number of rotatable bonds is 7. The van der Waals surface area contributed by atoms with E-state index < -0.39 is 17.5 Å². The summed E-state index contributed by atoms with van der Waals surface area (Å²) in [5.41, 5.74) is 1.83. The molecule has 0 aliphatic heterocycles. The Morgan fingerprint density at radius 2 is 1.03 bits per heavy atom. The number of carbonyl (C=O) groups is 3. The van der Waals surface area contributed by atoms with E-state index in [1.807, 2.05) is 0 Å². The maximum atomic E-state index is 13.0. The summed E-state index contributed by atoms with van der Waals surface area (Å²) in [6, 6.07) is 15.8. The summed E-state index contributed by atoms with van der Waals surface area (Å²) in [7, 11) is 5.69. The molecule has 3 aromatic carbocycles. The van der Waals surface area contributed by atoms with E-state index in [9.17, 15) is 14.4 Å². The molecule has 0 radical (unpaired) electrons. The van der Waals surface area contributed by atoms with E-state index in [4.69, 9.17) is 14.2 Å². The van der Waals surface area contributed by atoms with E-state index in [1.54, 1.807) is 36.4 Å². The minimum absolute atomic E-state index is 0.136. The van der Waals surface area contributed by atoms with Crippen molar-refractivity contribution in [3.05, 3.63) is 88.5 Å². The smallest absolute Gasteiger partial charge is 0.337 e. The summed E-state index contributed by atoms with van der Waals surface area (Å²) in [4.78, 5) is 37.5. The first kappa shape index (κ1) is 24.1. The van der Waals surface area contributed by atoms with Crippen LogP contribution >= 0.6 is 0 Å². The molecule has 0 aromatic heterocycles. The molecule has 0 N–H and O–H groups in total. The van der Waals surface area contributed by atoms with Crippen molar-refractivity contribution in [2.45, 2.75) is 0 Å². The van der Waals surface area contributed by atoms with E-state index >= 15 is 0 Å². The third kappa shape index (κ3) is 5.61. The second-order valence-electron chi connectivity index (χ2n) is 7.03. The topological polar surface area (TPSA) is 88.1 Å². The lowest BCUT2D eigenvalue weighted by atomic mass is 9.99. The summed E-state index contributed by atoms with van der Waals surface area (Å²) in [6.07, 6.45) is 0. The Morgan fingerprint density at radius 3 is 1.53 bits per heavy atom. The summed E-state index contributed by atoms with van der Waals surface area (Å²) < 4.78 is 20.3. The first-order chi connectivity index (χ1) is 16.4. The minimum Gasteiger partial charge on any atom is -0.497 e. The fourth-order valence-corrected chi connectivity index (χ4v) is 3.07. The molecule has 172 valence electrons. The highest BCUT2D eigenvalue weighted by molar-refractivity contribution is 6.49. The minimum atomic E-state index is -0.723. The third-order valence-electron chi connectivity index (χ3n) is 4.88. The zero-order chi connectivity index (χ0) is 24.7. The molecule has 0 unspecified atom stereocenters. The van der Waals surface area contributed by atoms with Crippen molar-refractivity contribution in [3.63, 3.8) is 0 Å². The fourth-order valence-electron chi connectivity index (χ4n) is 3.07. The Hall–Kier alpha value is -4.57. The molecule has 3 rings (SSSR count). The molecule has 3 aromatic rings. The van der Waals surface area contributed by atoms with Crippen LogP contribution in [-0.4, -0.2) is 46.0 Å². The molecule has 0 saturated carbocycles. The Kier molecular flexibility index (Phi) is 7.67. The SMILES string of the molecule is COC(=O)c1ccc(C#Cc2cc(OC)cc(C(=O)C(=O)c3cc(OC)cc(OC)c3)c2)cc1. The standard InChI is InChI=1S/C27H22O7/c1-31-22-12-18(6-5-17-7-9-19(10-8-17)27(30)34-4)11-20(13-22)25(28)26(29)21-14-23(32-2)16-24(15-21)33-3/h7-16H,1-4H3. The monoisotopic (exact) mass is 458 g/mol. The van der Waals surface area contributed by atoms with Gasteiger partial charge in [0.1, 0.15) is 17.2 Å². The van der Waals surface area contributed by atoms with E-state index in [2.05, 4.69) is 16.6 Å². The third-order valence-corrected chi connectivity index (χ3v) is 4.88. The highest BCUT2D eigenvalue weighted by Gasteiger charge is 2.21. The molecule has 7 nitrogen and oxygen atoms in total. The molecule has 0 atom stereocenters. The Labute approximate surface area is 197 Å². The molecule has 0 saturated heterocycles. The predicted molar refractivity (Wildman–Crippen MR) is 125 cm³/mol. The van der Waals surface area contributed by atoms with Crippen molar-refractivity contribution < 1.29 is 33.3 Å². The van der Waals surface area contributed by atoms with Crippen molar-refractivity contribution in [3.8, 4) is 29.1 Å². The lowest BCUT2D eigenvalue weighted by Crippen LogP contribution is -2.15. The molecule has 7 heteroatoms. The Morgan fingerprint density at radius 1 is 0.559 bits per heavy atom. The van der Waals surface area contributed by atoms with Crippen molar-refractivity contribution in [1.29, 1.82) is 0 Å². The molecule has 0 heterocycles. The Balaban J connectivity index is 1.91. The van der Waals surface area contributed by atoms with Gasteiger partial charge in [0.15, 0.2) is 0 Å². The summed E-state index contributed by atoms with van der Waals surface area (Å²) >= 11 is 0. The van der Waals surface area contributed by atoms with Crippen LogP contribution in [0.2, 0.25) is 0 Å². The van der Waals surface area contributed by atoms with Gasteiger partial charge in [0, 0.05) is 28.3 Å². The van der Waals surface area contributed by atoms with Gasteiger partial charge in [0.05, 0.1) is 34.0 Å². The van der Waals surface area contributed by atoms with Crippen LogP contribution in [0.15, 0.2) is 60.7 Å². The molecule has 0 bridgehead atoms. The van der Waals surface area contributed by atoms with Gasteiger partial charge in [0.25, 0.3) is 0 Å². The van der Waals surface area contributed by atoms with Crippen LogP contribution in [0.4, 0.5) is 0 Å². The first-order valence-electron chi connectivity index (χ1n) is 10.1. The number of hydrogen-bond acceptors (Lipinski definition) is 7. The second kappa shape index (κ2) is 10.8. The van der Waals surface area contributed by atoms with Crippen LogP contribution in [-0.2, 0) is 4.74 Å². The summed E-state index contributed by atoms with van der Waals surface area (Å²) in [5.74, 6) is 5.22. The van der Waals surface area contributed by atoms with E-state index in [0.29, 0.717) is 33.9 Å². The van der Waals surface area contributed by atoms with E-state index in [0.717, 1.165) is 0 Å². The predicted octanol–water partition coefficient (Wildman–Crippen LogP) is 3.96. The van der Waals surface area contributed by atoms with Crippen molar-refractivity contribution in [2.24, 2.45) is 0 Å². The van der Waals surface area contributed by atoms with Crippen molar-refractivity contribution >= 4 is 17.5 Å². The van der Waals surface area contributed by atoms with E-state index in [-0.39, 0.29) is 11.1 Å². The van der Waals surface area contributed by atoms with Crippen LogP contribution in [0, 0.1) is 11.8 Å². The average Bonchev–Trinajstić information content (AvgIpc) is 2.90. The zero-order valence-electron chi connectivity index (χ0n) is 19.1. The number of carbonyl (C=O) groups excluding carboxylic acids is 3. The second-order valence-corrected chi connectivity index (χ2v) is 7.03. The van der Waals surface area contributed by atoms with Gasteiger partial charge >= 0.3 is 5.97 Å². The first-order valence-corrected chi connectivity index (χ1v) is 10.1. The summed E-state index contributed by atoms with van der Waals surface area (Å²) in [5, 5.41) is 0. The number of ketones is 2. The lowest BCUT2D eigenvalue weighted by Gasteiger charge is -2.08. The van der Waals surface area contributed by atoms with Crippen molar-refractivity contribution in [2.75, 3.05) is 28.4 Å². The van der Waals surface area contributed by atoms with Gasteiger partial charge < -0.3 is 18.9 Å². The number of Topliss-reactive ketones (excluding diaryl/α,β-unsaturated/α-hetero) is 2. The molecular formula is C27H22O7. The van der Waals surface area contributed by atoms with Gasteiger partial charge in [-0.25, -0.2) is 4.79 Å².